The van der Waals surface area contributed by atoms with Gasteiger partial charge in [-0.2, -0.15) is 0 Å². The molecule has 0 saturated heterocycles. The molecule has 6 aromatic heterocycles. The van der Waals surface area contributed by atoms with Gasteiger partial charge in [-0.15, -0.1) is 0 Å². The summed E-state index contributed by atoms with van der Waals surface area (Å²) in [6.45, 7) is 0. The normalized spacial score (nSPS) is 12.4. The molecule has 0 spiro atoms. The number of benzene rings is 3. The van der Waals surface area contributed by atoms with E-state index in [1.807, 2.05) is 36.4 Å². The van der Waals surface area contributed by atoms with E-state index < -0.39 is 23.7 Å². The van der Waals surface area contributed by atoms with Gasteiger partial charge in [0, 0.05) is 0 Å². The Morgan fingerprint density at radius 1 is 0.260 bits per heavy atom. The Hall–Kier alpha value is -3.58. The molecule has 0 amide bonds. The van der Waals surface area contributed by atoms with Crippen LogP contribution < -0.4 is 0 Å². The Morgan fingerprint density at radius 2 is 0.442 bits per heavy atom. The van der Waals surface area contributed by atoms with Crippen molar-refractivity contribution in [2.24, 2.45) is 0 Å². The summed E-state index contributed by atoms with van der Waals surface area (Å²) in [6.07, 6.45) is 30.8. The minimum absolute atomic E-state index is 0.551. The molecule has 0 aliphatic heterocycles. The first-order chi connectivity index (χ1) is 37.4. The molecule has 0 unspecified atom stereocenters. The van der Waals surface area contributed by atoms with Crippen LogP contribution in [0, 0.1) is 0 Å². The quantitative estimate of drug-likeness (QED) is 0.0299. The minimum atomic E-state index is -2.81. The summed E-state index contributed by atoms with van der Waals surface area (Å²) in [7, 11) is -2.81. The van der Waals surface area contributed by atoms with Crippen LogP contribution in [0.3, 0.4) is 0 Å². The number of furan rings is 6. The fourth-order valence-electron chi connectivity index (χ4n) is 10.2. The van der Waals surface area contributed by atoms with Crippen molar-refractivity contribution in [2.75, 3.05) is 55.5 Å². The molecule has 3 aromatic carbocycles. The Bertz CT molecular complexity index is 2800. The van der Waals surface area contributed by atoms with Crippen LogP contribution in [0.5, 0.6) is 0 Å². The summed E-state index contributed by atoms with van der Waals surface area (Å²) in [6, 6.07) is 51.5. The van der Waals surface area contributed by atoms with Crippen molar-refractivity contribution in [3.05, 3.63) is 251 Å². The molecule has 14 heteroatoms. The Kier molecular flexibility index (Phi) is 21.7. The number of rotatable bonds is 33. The van der Waals surface area contributed by atoms with Gasteiger partial charge in [-0.3, -0.25) is 0 Å². The van der Waals surface area contributed by atoms with Crippen molar-refractivity contribution in [1.29, 1.82) is 0 Å². The Morgan fingerprint density at radius 3 is 0.623 bits per heavy atom. The zero-order valence-corrected chi connectivity index (χ0v) is 52.8. The van der Waals surface area contributed by atoms with E-state index in [0.29, 0.717) is 18.5 Å². The van der Waals surface area contributed by atoms with E-state index in [-0.39, 0.29) is 0 Å². The standard InChI is InChI=1S/C63H72O7P4Se3/c64-71(49-55-19-13-52(14-20-55)25-40-72(75,43-28-58-7-1-34-65-58)44-29-59-8-2-35-66-59,50-56-21-15-53(16-22-56)26-41-73(76,45-30-60-9-3-36-67-60)46-31-61-10-4-37-68-61)51-57-23-17-54(18-24-57)27-42-74(77,47-32-62-11-5-38-69-62)48-33-63-12-6-39-70-63/h1-24,34-39H,25-33,40-51H2. The van der Waals surface area contributed by atoms with Gasteiger partial charge in [0.2, 0.25) is 0 Å². The van der Waals surface area contributed by atoms with E-state index in [4.69, 9.17) is 26.5 Å². The molecule has 0 N–H and O–H groups in total. The summed E-state index contributed by atoms with van der Waals surface area (Å²) in [5.41, 5.74) is 3.09. The van der Waals surface area contributed by atoms with Crippen LogP contribution in [0.2, 0.25) is 0 Å². The molecule has 9 rings (SSSR count). The van der Waals surface area contributed by atoms with Crippen molar-refractivity contribution >= 4 is 69.0 Å². The summed E-state index contributed by atoms with van der Waals surface area (Å²) >= 11 is 11.2. The molecule has 0 aliphatic carbocycles. The van der Waals surface area contributed by atoms with E-state index in [2.05, 4.69) is 154 Å². The third-order valence-corrected chi connectivity index (χ3v) is 37.5. The maximum atomic E-state index is 15.7. The molecule has 0 atom stereocenters. The predicted octanol–water partition coefficient (Wildman–Crippen LogP) is 15.9. The second-order valence-electron chi connectivity index (χ2n) is 20.9. The zero-order chi connectivity index (χ0) is 53.2. The molecular formula is C63H72O7P4Se3. The second kappa shape index (κ2) is 28.7. The molecular weight excluding hydrogens is 1230 g/mol. The molecule has 0 fully saturated rings. The van der Waals surface area contributed by atoms with Crippen LogP contribution in [0.25, 0.3) is 0 Å². The molecule has 0 saturated carbocycles. The second-order valence-corrected chi connectivity index (χ2v) is 49.0. The van der Waals surface area contributed by atoms with Crippen LogP contribution >= 0.6 is 23.7 Å². The summed E-state index contributed by atoms with van der Waals surface area (Å²) in [4.78, 5) is 0. The molecule has 0 bridgehead atoms. The van der Waals surface area contributed by atoms with Gasteiger partial charge in [0.1, 0.15) is 0 Å². The molecule has 0 aliphatic rings. The maximum absolute atomic E-state index is 15.7. The van der Waals surface area contributed by atoms with E-state index in [1.165, 1.54) is 16.7 Å². The van der Waals surface area contributed by atoms with Crippen LogP contribution in [0.15, 0.2) is 210 Å². The van der Waals surface area contributed by atoms with Gasteiger partial charge < -0.3 is 0 Å². The van der Waals surface area contributed by atoms with E-state index in [0.717, 1.165) is 164 Å². The van der Waals surface area contributed by atoms with E-state index in [1.54, 1.807) is 37.6 Å². The van der Waals surface area contributed by atoms with Gasteiger partial charge in [0.05, 0.1) is 0 Å². The zero-order valence-electron chi connectivity index (χ0n) is 44.0. The predicted molar refractivity (Wildman–Crippen MR) is 325 cm³/mol. The number of hydrogen-bond donors (Lipinski definition) is 0. The molecule has 6 heterocycles. The Balaban J connectivity index is 0.877. The first-order valence-corrected chi connectivity index (χ1v) is 43.0. The van der Waals surface area contributed by atoms with Gasteiger partial charge in [-0.05, 0) is 0 Å². The fraction of sp³-hybridized carbons (Fsp3) is 0.333. The number of hydrogen-bond acceptors (Lipinski definition) is 7. The van der Waals surface area contributed by atoms with Crippen LogP contribution in [-0.4, -0.2) is 101 Å². The van der Waals surface area contributed by atoms with Crippen LogP contribution in [0.4, 0.5) is 0 Å². The average Bonchev–Trinajstić information content (AvgIpc) is 4.31. The van der Waals surface area contributed by atoms with Gasteiger partial charge in [-0.1, -0.05) is 0 Å². The van der Waals surface area contributed by atoms with Crippen molar-refractivity contribution in [1.82, 2.24) is 0 Å². The third-order valence-electron chi connectivity index (χ3n) is 15.0. The van der Waals surface area contributed by atoms with Crippen molar-refractivity contribution in [2.45, 2.75) is 76.3 Å². The van der Waals surface area contributed by atoms with Gasteiger partial charge >= 0.3 is 483 Å². The van der Waals surface area contributed by atoms with Crippen LogP contribution in [0.1, 0.15) is 67.9 Å². The van der Waals surface area contributed by atoms with Crippen molar-refractivity contribution in [3.8, 4) is 0 Å². The van der Waals surface area contributed by atoms with Gasteiger partial charge in [0.25, 0.3) is 0 Å². The summed E-state index contributed by atoms with van der Waals surface area (Å²) < 4.78 is 50.2. The van der Waals surface area contributed by atoms with E-state index >= 15 is 4.57 Å². The first-order valence-electron chi connectivity index (χ1n) is 27.1. The molecule has 0 radical (unpaired) electrons. The third kappa shape index (κ3) is 19.0. The fourth-order valence-corrected chi connectivity index (χ4v) is 26.1. The number of aryl methyl sites for hydroxylation is 9. The molecule has 77 heavy (non-hydrogen) atoms. The monoisotopic (exact) mass is 1300 g/mol. The van der Waals surface area contributed by atoms with Gasteiger partial charge in [0.15, 0.2) is 0 Å². The first kappa shape index (κ1) is 58.1. The summed E-state index contributed by atoms with van der Waals surface area (Å²) in [5, 5.41) is 0. The van der Waals surface area contributed by atoms with Crippen molar-refractivity contribution < 1.29 is 31.1 Å². The SMILES string of the molecule is O=P(Cc1ccc(CCP(=[Se])(CCc2ccco2)CCc2ccco2)cc1)(Cc1ccc(CCP(=[Se])(CCc2ccco2)CCc2ccco2)cc1)Cc1ccc(CCP(=[Se])(CCc2ccco2)CCc2ccco2)cc1. The average molecular weight is 1300 g/mol. The molecule has 9 aromatic rings. The van der Waals surface area contributed by atoms with Gasteiger partial charge in [-0.25, -0.2) is 0 Å². The molecule has 404 valence electrons. The Labute approximate surface area is 479 Å². The summed E-state index contributed by atoms with van der Waals surface area (Å²) in [5.74, 6) is 6.28. The van der Waals surface area contributed by atoms with E-state index in [9.17, 15) is 0 Å². The van der Waals surface area contributed by atoms with Crippen molar-refractivity contribution in [3.63, 3.8) is 0 Å². The molecule has 7 nitrogen and oxygen atoms in total. The van der Waals surface area contributed by atoms with Crippen LogP contribution in [-0.2, 0) is 80.8 Å². The topological polar surface area (TPSA) is 95.9 Å².